The van der Waals surface area contributed by atoms with Gasteiger partial charge in [-0.3, -0.25) is 0 Å². The first kappa shape index (κ1) is 12.9. The summed E-state index contributed by atoms with van der Waals surface area (Å²) in [6, 6.07) is 3.49. The lowest BCUT2D eigenvalue weighted by molar-refractivity contribution is 0.0652. The zero-order chi connectivity index (χ0) is 14.0. The van der Waals surface area contributed by atoms with Gasteiger partial charge in [0.25, 0.3) is 0 Å². The van der Waals surface area contributed by atoms with Crippen LogP contribution in [0.5, 0.6) is 11.5 Å². The fourth-order valence-electron chi connectivity index (χ4n) is 1.62. The number of methoxy groups -OCH3 is 2. The molecule has 0 aliphatic rings. The van der Waals surface area contributed by atoms with Crippen LogP contribution in [-0.4, -0.2) is 30.5 Å². The zero-order valence-electron chi connectivity index (χ0n) is 10.1. The number of aromatic nitrogens is 1. The zero-order valence-corrected chi connectivity index (χ0v) is 10.1. The quantitative estimate of drug-likeness (QED) is 0.914. The molecule has 0 aliphatic heterocycles. The van der Waals surface area contributed by atoms with Crippen LogP contribution in [0, 0.1) is 5.82 Å². The lowest BCUT2D eigenvalue weighted by Crippen LogP contribution is -1.95. The Kier molecular flexibility index (Phi) is 3.37. The van der Waals surface area contributed by atoms with Crippen molar-refractivity contribution in [2.24, 2.45) is 0 Å². The van der Waals surface area contributed by atoms with Gasteiger partial charge in [0.15, 0.2) is 11.5 Å². The van der Waals surface area contributed by atoms with Crippen molar-refractivity contribution < 1.29 is 28.3 Å². The first-order valence-corrected chi connectivity index (χ1v) is 5.18. The van der Waals surface area contributed by atoms with Gasteiger partial charge < -0.3 is 19.1 Å². The number of hydrogen-bond acceptors (Lipinski definition) is 5. The molecule has 2 rings (SSSR count). The van der Waals surface area contributed by atoms with E-state index in [1.54, 1.807) is 0 Å². The average Bonchev–Trinajstić information content (AvgIpc) is 2.87. The van der Waals surface area contributed by atoms with Gasteiger partial charge in [0.2, 0.25) is 5.76 Å². The van der Waals surface area contributed by atoms with E-state index in [9.17, 15) is 9.18 Å². The number of carbonyl (C=O) groups is 1. The molecule has 0 unspecified atom stereocenters. The van der Waals surface area contributed by atoms with Crippen molar-refractivity contribution in [1.82, 2.24) is 5.16 Å². The van der Waals surface area contributed by atoms with Crippen LogP contribution < -0.4 is 9.47 Å². The molecule has 0 bridgehead atoms. The first-order valence-electron chi connectivity index (χ1n) is 5.18. The molecule has 1 heterocycles. The molecule has 7 heteroatoms. The van der Waals surface area contributed by atoms with Crippen LogP contribution >= 0.6 is 0 Å². The summed E-state index contributed by atoms with van der Waals surface area (Å²) in [4.78, 5) is 10.7. The van der Waals surface area contributed by atoms with E-state index >= 15 is 0 Å². The highest BCUT2D eigenvalue weighted by molar-refractivity contribution is 5.86. The molecule has 0 amide bonds. The van der Waals surface area contributed by atoms with Crippen LogP contribution in [0.15, 0.2) is 22.7 Å². The van der Waals surface area contributed by atoms with Gasteiger partial charge in [-0.2, -0.15) is 0 Å². The normalized spacial score (nSPS) is 10.3. The average molecular weight is 267 g/mol. The SMILES string of the molecule is COc1cc(F)cc(-c2cc(C(=O)O)on2)c1OC. The highest BCUT2D eigenvalue weighted by Gasteiger charge is 2.19. The predicted molar refractivity (Wildman–Crippen MR) is 62.0 cm³/mol. The van der Waals surface area contributed by atoms with Crippen LogP contribution in [0.4, 0.5) is 4.39 Å². The number of benzene rings is 1. The van der Waals surface area contributed by atoms with Gasteiger partial charge in [0, 0.05) is 12.1 Å². The van der Waals surface area contributed by atoms with Crippen molar-refractivity contribution in [3.8, 4) is 22.8 Å². The smallest absolute Gasteiger partial charge is 0.374 e. The maximum absolute atomic E-state index is 13.5. The van der Waals surface area contributed by atoms with Crippen molar-refractivity contribution in [3.05, 3.63) is 29.8 Å². The van der Waals surface area contributed by atoms with Crippen LogP contribution in [0.1, 0.15) is 10.6 Å². The van der Waals surface area contributed by atoms with E-state index < -0.39 is 11.8 Å². The fourth-order valence-corrected chi connectivity index (χ4v) is 1.62. The predicted octanol–water partition coefficient (Wildman–Crippen LogP) is 2.20. The number of hydrogen-bond donors (Lipinski definition) is 1. The van der Waals surface area contributed by atoms with E-state index in [0.29, 0.717) is 0 Å². The summed E-state index contributed by atoms with van der Waals surface area (Å²) in [5, 5.41) is 12.3. The number of nitrogens with zero attached hydrogens (tertiary/aromatic N) is 1. The van der Waals surface area contributed by atoms with Gasteiger partial charge in [-0.1, -0.05) is 5.16 Å². The van der Waals surface area contributed by atoms with Gasteiger partial charge in [-0.05, 0) is 6.07 Å². The maximum atomic E-state index is 13.5. The Labute approximate surface area is 107 Å². The Hall–Kier alpha value is -2.57. The summed E-state index contributed by atoms with van der Waals surface area (Å²) in [6.07, 6.45) is 0. The monoisotopic (exact) mass is 267 g/mol. The molecule has 0 radical (unpaired) electrons. The Balaban J connectivity index is 2.59. The number of halogens is 1. The van der Waals surface area contributed by atoms with Gasteiger partial charge in [-0.25, -0.2) is 9.18 Å². The summed E-state index contributed by atoms with van der Waals surface area (Å²) in [6.45, 7) is 0. The van der Waals surface area contributed by atoms with E-state index in [4.69, 9.17) is 14.6 Å². The Bertz CT molecular complexity index is 623. The molecule has 6 nitrogen and oxygen atoms in total. The second kappa shape index (κ2) is 4.97. The molecule has 19 heavy (non-hydrogen) atoms. The van der Waals surface area contributed by atoms with Gasteiger partial charge >= 0.3 is 5.97 Å². The van der Waals surface area contributed by atoms with Crippen molar-refractivity contribution in [2.75, 3.05) is 14.2 Å². The largest absolute Gasteiger partial charge is 0.493 e. The molecule has 1 N–H and O–H groups in total. The number of carboxylic acid groups (broad SMARTS) is 1. The third-order valence-electron chi connectivity index (χ3n) is 2.44. The van der Waals surface area contributed by atoms with Crippen molar-refractivity contribution in [3.63, 3.8) is 0 Å². The van der Waals surface area contributed by atoms with Gasteiger partial charge in [0.1, 0.15) is 11.5 Å². The summed E-state index contributed by atoms with van der Waals surface area (Å²) in [7, 11) is 2.75. The molecule has 1 aromatic heterocycles. The third kappa shape index (κ3) is 2.35. The molecular weight excluding hydrogens is 257 g/mol. The summed E-state index contributed by atoms with van der Waals surface area (Å²) >= 11 is 0. The number of aromatic carboxylic acids is 1. The second-order valence-corrected chi connectivity index (χ2v) is 3.57. The molecule has 0 fully saturated rings. The molecule has 1 aromatic carbocycles. The van der Waals surface area contributed by atoms with E-state index in [-0.39, 0.29) is 28.5 Å². The minimum Gasteiger partial charge on any atom is -0.493 e. The lowest BCUT2D eigenvalue weighted by Gasteiger charge is -2.11. The Morgan fingerprint density at radius 1 is 1.32 bits per heavy atom. The Morgan fingerprint density at radius 2 is 2.05 bits per heavy atom. The van der Waals surface area contributed by atoms with Gasteiger partial charge in [0.05, 0.1) is 19.8 Å². The topological polar surface area (TPSA) is 81.8 Å². The van der Waals surface area contributed by atoms with Crippen LogP contribution in [0.25, 0.3) is 11.3 Å². The molecular formula is C12H10FNO5. The van der Waals surface area contributed by atoms with E-state index in [0.717, 1.165) is 12.1 Å². The second-order valence-electron chi connectivity index (χ2n) is 3.57. The lowest BCUT2D eigenvalue weighted by atomic mass is 10.1. The van der Waals surface area contributed by atoms with Gasteiger partial charge in [-0.15, -0.1) is 0 Å². The maximum Gasteiger partial charge on any atom is 0.374 e. The highest BCUT2D eigenvalue weighted by Crippen LogP contribution is 2.38. The Morgan fingerprint density at radius 3 is 2.58 bits per heavy atom. The fraction of sp³-hybridized carbons (Fsp3) is 0.167. The number of carboxylic acids is 1. The first-order chi connectivity index (χ1) is 9.06. The van der Waals surface area contributed by atoms with E-state index in [1.165, 1.54) is 20.3 Å². The molecule has 0 spiro atoms. The molecule has 0 saturated heterocycles. The van der Waals surface area contributed by atoms with Crippen molar-refractivity contribution >= 4 is 5.97 Å². The molecule has 100 valence electrons. The van der Waals surface area contributed by atoms with E-state index in [1.807, 2.05) is 0 Å². The summed E-state index contributed by atoms with van der Waals surface area (Å²) < 4.78 is 28.2. The molecule has 0 saturated carbocycles. The van der Waals surface area contributed by atoms with Crippen LogP contribution in [0.3, 0.4) is 0 Å². The highest BCUT2D eigenvalue weighted by atomic mass is 19.1. The molecule has 0 atom stereocenters. The van der Waals surface area contributed by atoms with Crippen molar-refractivity contribution in [2.45, 2.75) is 0 Å². The number of ether oxygens (including phenoxy) is 2. The van der Waals surface area contributed by atoms with E-state index in [2.05, 4.69) is 9.68 Å². The third-order valence-corrected chi connectivity index (χ3v) is 2.44. The number of rotatable bonds is 4. The minimum absolute atomic E-state index is 0.145. The van der Waals surface area contributed by atoms with Crippen molar-refractivity contribution in [1.29, 1.82) is 0 Å². The summed E-state index contributed by atoms with van der Waals surface area (Å²) in [5.41, 5.74) is 0.391. The van der Waals surface area contributed by atoms with Crippen LogP contribution in [0.2, 0.25) is 0 Å². The van der Waals surface area contributed by atoms with Crippen LogP contribution in [-0.2, 0) is 0 Å². The summed E-state index contributed by atoms with van der Waals surface area (Å²) in [5.74, 6) is -1.75. The minimum atomic E-state index is -1.26. The molecule has 2 aromatic rings. The molecule has 0 aliphatic carbocycles. The standard InChI is InChI=1S/C12H10FNO5/c1-17-9-4-6(13)3-7(11(9)18-2)8-5-10(12(15)16)19-14-8/h3-5H,1-2H3,(H,15,16).